The summed E-state index contributed by atoms with van der Waals surface area (Å²) in [6.07, 6.45) is 0. The maximum Gasteiger partial charge on any atom is 0.240 e. The largest absolute Gasteiger partial charge is 0.396 e. The Morgan fingerprint density at radius 2 is 1.57 bits per heavy atom. The van der Waals surface area contributed by atoms with Gasteiger partial charge >= 0.3 is 0 Å². The Kier molecular flexibility index (Phi) is 3.79. The first-order chi connectivity index (χ1) is 9.70. The number of rotatable bonds is 3. The molecule has 0 spiro atoms. The van der Waals surface area contributed by atoms with Crippen LogP contribution in [0.25, 0.3) is 0 Å². The maximum atomic E-state index is 13.5. The second kappa shape index (κ2) is 5.26. The Labute approximate surface area is 118 Å². The van der Waals surface area contributed by atoms with Crippen LogP contribution in [0.2, 0.25) is 0 Å². The summed E-state index contributed by atoms with van der Waals surface area (Å²) in [4.78, 5) is -0.365. The van der Waals surface area contributed by atoms with Gasteiger partial charge in [-0.2, -0.15) is 0 Å². The molecule has 21 heavy (non-hydrogen) atoms. The molecule has 5 nitrogen and oxygen atoms in total. The van der Waals surface area contributed by atoms with Gasteiger partial charge in [0.1, 0.15) is 10.7 Å². The fraction of sp³-hybridized carbons (Fsp3) is 0. The molecule has 0 aromatic heterocycles. The van der Waals surface area contributed by atoms with Crippen LogP contribution in [0.15, 0.2) is 35.2 Å². The molecule has 0 saturated carbocycles. The minimum Gasteiger partial charge on any atom is -0.396 e. The zero-order valence-electron chi connectivity index (χ0n) is 10.4. The highest BCUT2D eigenvalue weighted by Crippen LogP contribution is 2.30. The molecule has 0 radical (unpaired) electrons. The van der Waals surface area contributed by atoms with E-state index in [-0.39, 0.29) is 16.3 Å². The Hall–Kier alpha value is -2.26. The zero-order valence-corrected chi connectivity index (χ0v) is 11.2. The van der Waals surface area contributed by atoms with E-state index in [1.54, 1.807) is 0 Å². The number of nitrogens with two attached hydrogens (primary N) is 2. The number of primary sulfonamides is 1. The van der Waals surface area contributed by atoms with Crippen LogP contribution >= 0.6 is 0 Å². The van der Waals surface area contributed by atoms with Crippen molar-refractivity contribution in [2.75, 3.05) is 11.1 Å². The third-order valence-corrected chi connectivity index (χ3v) is 3.62. The minimum atomic E-state index is -4.07. The standard InChI is InChI=1S/C12H10F3N3O2S/c13-6-4-8(15)10(5-7(6)14)18-9-2-1-3-11(12(9)16)21(17,19)20/h1-5,18H,16H2,(H2,17,19,20). The van der Waals surface area contributed by atoms with Crippen LogP contribution in [0.5, 0.6) is 0 Å². The highest BCUT2D eigenvalue weighted by Gasteiger charge is 2.16. The molecule has 0 amide bonds. The van der Waals surface area contributed by atoms with E-state index in [9.17, 15) is 21.6 Å². The molecular formula is C12H10F3N3O2S. The topological polar surface area (TPSA) is 98.2 Å². The first-order valence-corrected chi connectivity index (χ1v) is 7.07. The van der Waals surface area contributed by atoms with E-state index in [1.165, 1.54) is 12.1 Å². The molecular weight excluding hydrogens is 307 g/mol. The summed E-state index contributed by atoms with van der Waals surface area (Å²) in [5, 5.41) is 7.37. The monoisotopic (exact) mass is 317 g/mol. The van der Waals surface area contributed by atoms with Crippen molar-refractivity contribution in [2.45, 2.75) is 4.90 Å². The number of nitrogens with one attached hydrogen (secondary N) is 1. The molecule has 5 N–H and O–H groups in total. The van der Waals surface area contributed by atoms with Gasteiger partial charge in [0.25, 0.3) is 0 Å². The number of hydrogen-bond donors (Lipinski definition) is 3. The van der Waals surface area contributed by atoms with E-state index >= 15 is 0 Å². The van der Waals surface area contributed by atoms with Crippen LogP contribution < -0.4 is 16.2 Å². The summed E-state index contributed by atoms with van der Waals surface area (Å²) >= 11 is 0. The first-order valence-electron chi connectivity index (χ1n) is 5.53. The van der Waals surface area contributed by atoms with Crippen LogP contribution in [0.4, 0.5) is 30.2 Å². The quantitative estimate of drug-likeness (QED) is 0.596. The molecule has 0 bridgehead atoms. The third kappa shape index (κ3) is 3.09. The zero-order chi connectivity index (χ0) is 15.8. The molecule has 0 heterocycles. The van der Waals surface area contributed by atoms with Crippen LogP contribution in [0.1, 0.15) is 0 Å². The SMILES string of the molecule is Nc1c(Nc2cc(F)c(F)cc2F)cccc1S(N)(=O)=O. The lowest BCUT2D eigenvalue weighted by Gasteiger charge is -2.12. The van der Waals surface area contributed by atoms with E-state index in [4.69, 9.17) is 10.9 Å². The number of halogens is 3. The summed E-state index contributed by atoms with van der Waals surface area (Å²) in [6, 6.07) is 4.77. The third-order valence-electron chi connectivity index (χ3n) is 2.65. The fourth-order valence-corrected chi connectivity index (χ4v) is 2.35. The normalized spacial score (nSPS) is 11.4. The Balaban J connectivity index is 2.49. The molecule has 112 valence electrons. The van der Waals surface area contributed by atoms with Gasteiger partial charge in [0, 0.05) is 12.1 Å². The average molecular weight is 317 g/mol. The van der Waals surface area contributed by atoms with E-state index in [0.29, 0.717) is 12.1 Å². The minimum absolute atomic E-state index is 0.00793. The van der Waals surface area contributed by atoms with Gasteiger partial charge in [-0.25, -0.2) is 26.7 Å². The van der Waals surface area contributed by atoms with E-state index < -0.39 is 33.2 Å². The molecule has 2 rings (SSSR count). The molecule has 0 aliphatic heterocycles. The van der Waals surface area contributed by atoms with Crippen molar-refractivity contribution in [3.63, 3.8) is 0 Å². The van der Waals surface area contributed by atoms with Crippen molar-refractivity contribution in [1.82, 2.24) is 0 Å². The van der Waals surface area contributed by atoms with Gasteiger partial charge < -0.3 is 11.1 Å². The van der Waals surface area contributed by atoms with Crippen LogP contribution in [-0.4, -0.2) is 8.42 Å². The van der Waals surface area contributed by atoms with Crippen LogP contribution in [0, 0.1) is 17.5 Å². The number of para-hydroxylation sites is 1. The summed E-state index contributed by atoms with van der Waals surface area (Å²) in [5.74, 6) is -3.67. The lowest BCUT2D eigenvalue weighted by Crippen LogP contribution is -2.15. The molecule has 2 aromatic rings. The Bertz CT molecular complexity index is 810. The Morgan fingerprint density at radius 3 is 2.19 bits per heavy atom. The number of hydrogen-bond acceptors (Lipinski definition) is 4. The maximum absolute atomic E-state index is 13.5. The van der Waals surface area contributed by atoms with E-state index in [2.05, 4.69) is 5.32 Å². The molecule has 2 aromatic carbocycles. The van der Waals surface area contributed by atoms with Gasteiger partial charge in [-0.1, -0.05) is 6.07 Å². The van der Waals surface area contributed by atoms with Gasteiger partial charge in [-0.3, -0.25) is 0 Å². The van der Waals surface area contributed by atoms with E-state index in [1.807, 2.05) is 0 Å². The predicted octanol–water partition coefficient (Wildman–Crippen LogP) is 2.08. The van der Waals surface area contributed by atoms with Crippen LogP contribution in [-0.2, 0) is 10.0 Å². The number of anilines is 3. The molecule has 0 saturated heterocycles. The van der Waals surface area contributed by atoms with Gasteiger partial charge in [0.15, 0.2) is 11.6 Å². The molecule has 0 aliphatic rings. The number of benzene rings is 2. The summed E-state index contributed by atoms with van der Waals surface area (Å²) < 4.78 is 62.1. The second-order valence-electron chi connectivity index (χ2n) is 4.13. The lowest BCUT2D eigenvalue weighted by atomic mass is 10.2. The van der Waals surface area contributed by atoms with Crippen molar-refractivity contribution in [3.8, 4) is 0 Å². The second-order valence-corrected chi connectivity index (χ2v) is 5.66. The molecule has 9 heteroatoms. The van der Waals surface area contributed by atoms with Crippen molar-refractivity contribution in [2.24, 2.45) is 5.14 Å². The summed E-state index contributed by atoms with van der Waals surface area (Å²) in [7, 11) is -4.07. The summed E-state index contributed by atoms with van der Waals surface area (Å²) in [5.41, 5.74) is 4.96. The van der Waals surface area contributed by atoms with Crippen molar-refractivity contribution in [3.05, 3.63) is 47.8 Å². The average Bonchev–Trinajstić information content (AvgIpc) is 2.36. The molecule has 0 aliphatic carbocycles. The number of sulfonamides is 1. The van der Waals surface area contributed by atoms with Gasteiger partial charge in [0.2, 0.25) is 10.0 Å². The van der Waals surface area contributed by atoms with E-state index in [0.717, 1.165) is 6.07 Å². The molecule has 0 unspecified atom stereocenters. The lowest BCUT2D eigenvalue weighted by molar-refractivity contribution is 0.496. The number of nitrogen functional groups attached to an aromatic ring is 1. The van der Waals surface area contributed by atoms with Crippen molar-refractivity contribution in [1.29, 1.82) is 0 Å². The van der Waals surface area contributed by atoms with Gasteiger partial charge in [-0.05, 0) is 12.1 Å². The van der Waals surface area contributed by atoms with Crippen LogP contribution in [0.3, 0.4) is 0 Å². The van der Waals surface area contributed by atoms with Gasteiger partial charge in [0.05, 0.1) is 17.1 Å². The van der Waals surface area contributed by atoms with Crippen molar-refractivity contribution >= 4 is 27.1 Å². The molecule has 0 fully saturated rings. The first kappa shape index (κ1) is 15.1. The molecule has 0 atom stereocenters. The highest BCUT2D eigenvalue weighted by atomic mass is 32.2. The Morgan fingerprint density at radius 1 is 0.952 bits per heavy atom. The smallest absolute Gasteiger partial charge is 0.240 e. The van der Waals surface area contributed by atoms with Gasteiger partial charge in [-0.15, -0.1) is 0 Å². The van der Waals surface area contributed by atoms with Crippen molar-refractivity contribution < 1.29 is 21.6 Å². The summed E-state index contributed by atoms with van der Waals surface area (Å²) in [6.45, 7) is 0. The highest BCUT2D eigenvalue weighted by molar-refractivity contribution is 7.89. The predicted molar refractivity (Wildman–Crippen MR) is 71.8 cm³/mol. The fourth-order valence-electron chi connectivity index (χ4n) is 1.66.